The molecule has 1 aromatic rings. The van der Waals surface area contributed by atoms with Gasteiger partial charge in [0.05, 0.1) is 11.3 Å². The molecule has 1 fully saturated rings. The van der Waals surface area contributed by atoms with Gasteiger partial charge in [-0.15, -0.1) is 24.0 Å². The molecule has 0 heterocycles. The van der Waals surface area contributed by atoms with Crippen LogP contribution in [0.1, 0.15) is 19.4 Å². The Balaban J connectivity index is 0.00000220. The average Bonchev–Trinajstić information content (AvgIpc) is 2.91. The second-order valence-corrected chi connectivity index (χ2v) is 7.99. The first-order valence-electron chi connectivity index (χ1n) is 6.11. The van der Waals surface area contributed by atoms with Crippen LogP contribution in [-0.4, -0.2) is 16.5 Å². The van der Waals surface area contributed by atoms with Gasteiger partial charge in [0.1, 0.15) is 0 Å². The number of carboxylic acids is 1. The Bertz CT molecular complexity index is 527. The van der Waals surface area contributed by atoms with Crippen molar-refractivity contribution in [2.45, 2.75) is 23.6 Å². The minimum Gasteiger partial charge on any atom is -0.481 e. The van der Waals surface area contributed by atoms with E-state index in [1.165, 1.54) is 0 Å². The fraction of sp³-hybridized carbons (Fsp3) is 0.500. The molecule has 1 N–H and O–H groups in total. The number of hydrogen-bond donors (Lipinski definition) is 1. The predicted octanol–water partition coefficient (Wildman–Crippen LogP) is 5.36. The van der Waals surface area contributed by atoms with E-state index < -0.39 is 27.0 Å². The lowest BCUT2D eigenvalue weighted by atomic mass is 10.0. The molecule has 0 bridgehead atoms. The van der Waals surface area contributed by atoms with Crippen LogP contribution in [-0.2, 0) is 9.13 Å². The number of rotatable bonds is 4. The van der Waals surface area contributed by atoms with Gasteiger partial charge in [-0.1, -0.05) is 60.8 Å². The van der Waals surface area contributed by atoms with Crippen molar-refractivity contribution in [1.29, 1.82) is 0 Å². The van der Waals surface area contributed by atoms with E-state index in [0.717, 1.165) is 0 Å². The molecule has 1 aliphatic carbocycles. The number of aliphatic carboxylic acids is 1. The van der Waals surface area contributed by atoms with Gasteiger partial charge in [-0.2, -0.15) is 0 Å². The normalized spacial score (nSPS) is 24.9. The van der Waals surface area contributed by atoms with Crippen LogP contribution in [0.5, 0.6) is 0 Å². The molecule has 1 aliphatic rings. The van der Waals surface area contributed by atoms with Gasteiger partial charge >= 0.3 is 5.97 Å². The van der Waals surface area contributed by atoms with Crippen LogP contribution in [0, 0.1) is 17.3 Å². The Hall–Kier alpha value is 0.140. The number of halogens is 5. The van der Waals surface area contributed by atoms with Gasteiger partial charge in [-0.3, -0.25) is 4.79 Å². The van der Waals surface area contributed by atoms with E-state index in [2.05, 4.69) is 0 Å². The fourth-order valence-electron chi connectivity index (χ4n) is 2.75. The van der Waals surface area contributed by atoms with Crippen molar-refractivity contribution in [2.75, 3.05) is 0 Å². The van der Waals surface area contributed by atoms with Crippen molar-refractivity contribution < 1.29 is 9.90 Å². The summed E-state index contributed by atoms with van der Waals surface area (Å²) in [5.41, 5.74) is 0.191. The molecular formula is C14H15Cl5O2. The van der Waals surface area contributed by atoms with E-state index in [0.29, 0.717) is 10.6 Å². The lowest BCUT2D eigenvalue weighted by Crippen LogP contribution is -2.28. The minimum absolute atomic E-state index is 0. The number of alkyl halides is 3. The number of carbonyl (C=O) groups is 1. The van der Waals surface area contributed by atoms with E-state index in [-0.39, 0.29) is 18.3 Å². The van der Waals surface area contributed by atoms with E-state index >= 15 is 0 Å². The largest absolute Gasteiger partial charge is 0.481 e. The van der Waals surface area contributed by atoms with Crippen LogP contribution in [0.15, 0.2) is 24.3 Å². The first-order valence-corrected chi connectivity index (χ1v) is 7.68. The van der Waals surface area contributed by atoms with Gasteiger partial charge in [0, 0.05) is 5.02 Å². The van der Waals surface area contributed by atoms with Gasteiger partial charge in [-0.25, -0.2) is 0 Å². The predicted molar refractivity (Wildman–Crippen MR) is 90.1 cm³/mol. The lowest BCUT2D eigenvalue weighted by molar-refractivity contribution is -0.139. The minimum atomic E-state index is -1.36. The zero-order valence-electron chi connectivity index (χ0n) is 11.3. The van der Waals surface area contributed by atoms with Crippen LogP contribution in [0.25, 0.3) is 0 Å². The molecule has 3 unspecified atom stereocenters. The Kier molecular flexibility index (Phi) is 5.78. The first kappa shape index (κ1) is 19.2. The highest BCUT2D eigenvalue weighted by atomic mass is 35.5. The van der Waals surface area contributed by atoms with Crippen molar-refractivity contribution in [3.05, 3.63) is 34.9 Å². The standard InChI is InChI=1S/C14H14Cl4O2.ClH/c1-13(2)9(10(13)12(19)20)11(16)14(17,18)7-3-5-8(15)6-4-7;/h3-6,9-11H,1-2H3,(H,19,20);1H. The van der Waals surface area contributed by atoms with E-state index in [9.17, 15) is 9.90 Å². The Morgan fingerprint density at radius 2 is 1.76 bits per heavy atom. The molecule has 0 spiro atoms. The Morgan fingerprint density at radius 3 is 2.14 bits per heavy atom. The summed E-state index contributed by atoms with van der Waals surface area (Å²) in [6.07, 6.45) is 0. The average molecular weight is 393 g/mol. The Labute approximate surface area is 150 Å². The third-order valence-electron chi connectivity index (χ3n) is 4.07. The quantitative estimate of drug-likeness (QED) is 0.701. The van der Waals surface area contributed by atoms with Crippen LogP contribution >= 0.6 is 58.8 Å². The number of benzene rings is 1. The van der Waals surface area contributed by atoms with Gasteiger partial charge < -0.3 is 5.11 Å². The number of carboxylic acid groups (broad SMARTS) is 1. The maximum absolute atomic E-state index is 11.2. The molecule has 3 atom stereocenters. The molecule has 0 saturated heterocycles. The van der Waals surface area contributed by atoms with Crippen LogP contribution in [0.4, 0.5) is 0 Å². The third kappa shape index (κ3) is 3.40. The van der Waals surface area contributed by atoms with Crippen LogP contribution in [0.2, 0.25) is 5.02 Å². The van der Waals surface area contributed by atoms with E-state index in [1.54, 1.807) is 24.3 Å². The second-order valence-electron chi connectivity index (χ2n) is 5.69. The van der Waals surface area contributed by atoms with Crippen molar-refractivity contribution in [3.63, 3.8) is 0 Å². The van der Waals surface area contributed by atoms with Crippen molar-refractivity contribution in [1.82, 2.24) is 0 Å². The lowest BCUT2D eigenvalue weighted by Gasteiger charge is -2.27. The summed E-state index contributed by atoms with van der Waals surface area (Å²) in [4.78, 5) is 11.2. The maximum atomic E-state index is 11.2. The highest BCUT2D eigenvalue weighted by Crippen LogP contribution is 2.65. The summed E-state index contributed by atoms with van der Waals surface area (Å²) in [5.74, 6) is -1.69. The molecule has 1 aromatic carbocycles. The van der Waals surface area contributed by atoms with Crippen molar-refractivity contribution in [2.24, 2.45) is 17.3 Å². The van der Waals surface area contributed by atoms with Crippen molar-refractivity contribution >= 4 is 64.8 Å². The molecule has 2 rings (SSSR count). The highest BCUT2D eigenvalue weighted by Gasteiger charge is 2.67. The fourth-order valence-corrected chi connectivity index (χ4v) is 4.00. The maximum Gasteiger partial charge on any atom is 0.307 e. The van der Waals surface area contributed by atoms with Crippen LogP contribution < -0.4 is 0 Å². The zero-order valence-corrected chi connectivity index (χ0v) is 15.2. The van der Waals surface area contributed by atoms with Gasteiger partial charge in [-0.05, 0) is 29.0 Å². The summed E-state index contributed by atoms with van der Waals surface area (Å²) >= 11 is 25.0. The van der Waals surface area contributed by atoms with E-state index in [4.69, 9.17) is 46.4 Å². The molecule has 0 aliphatic heterocycles. The monoisotopic (exact) mass is 390 g/mol. The van der Waals surface area contributed by atoms with Gasteiger partial charge in [0.15, 0.2) is 4.33 Å². The SMILES string of the molecule is CC1(C)C(C(=O)O)C1C(Cl)C(Cl)(Cl)c1ccc(Cl)cc1.Cl. The van der Waals surface area contributed by atoms with Gasteiger partial charge in [0.25, 0.3) is 0 Å². The zero-order chi connectivity index (χ0) is 15.3. The third-order valence-corrected chi connectivity index (χ3v) is 6.05. The summed E-state index contributed by atoms with van der Waals surface area (Å²) in [6, 6.07) is 6.74. The molecule has 0 aromatic heterocycles. The van der Waals surface area contributed by atoms with Crippen LogP contribution in [0.3, 0.4) is 0 Å². The smallest absolute Gasteiger partial charge is 0.307 e. The summed E-state index contributed by atoms with van der Waals surface area (Å²) in [5, 5.41) is 9.08. The molecular weight excluding hydrogens is 377 g/mol. The van der Waals surface area contributed by atoms with Gasteiger partial charge in [0.2, 0.25) is 0 Å². The first-order chi connectivity index (χ1) is 9.10. The topological polar surface area (TPSA) is 37.3 Å². The molecule has 0 amide bonds. The molecule has 0 radical (unpaired) electrons. The molecule has 7 heteroatoms. The molecule has 118 valence electrons. The van der Waals surface area contributed by atoms with Crippen molar-refractivity contribution in [3.8, 4) is 0 Å². The molecule has 1 saturated carbocycles. The molecule has 2 nitrogen and oxygen atoms in total. The highest BCUT2D eigenvalue weighted by molar-refractivity contribution is 6.52. The molecule has 21 heavy (non-hydrogen) atoms. The summed E-state index contributed by atoms with van der Waals surface area (Å²) < 4.78 is -1.36. The van der Waals surface area contributed by atoms with E-state index in [1.807, 2.05) is 13.8 Å². The number of hydrogen-bond acceptors (Lipinski definition) is 1. The Morgan fingerprint density at radius 1 is 1.29 bits per heavy atom. The summed E-state index contributed by atoms with van der Waals surface area (Å²) in [6.45, 7) is 3.72. The summed E-state index contributed by atoms with van der Waals surface area (Å²) in [7, 11) is 0. The second kappa shape index (κ2) is 6.33.